The third-order valence-electron chi connectivity index (χ3n) is 8.36. The fraction of sp³-hybridized carbons (Fsp3) is 0.394. The molecule has 11 nitrogen and oxygen atoms in total. The van der Waals surface area contributed by atoms with Crippen LogP contribution in [-0.2, 0) is 4.79 Å². The highest BCUT2D eigenvalue weighted by atomic mass is 16.5. The molecule has 2 saturated heterocycles. The highest BCUT2D eigenvalue weighted by Crippen LogP contribution is 2.40. The Hall–Kier alpha value is -4.80. The van der Waals surface area contributed by atoms with E-state index < -0.39 is 6.04 Å². The smallest absolute Gasteiger partial charge is 0.257 e. The van der Waals surface area contributed by atoms with Crippen molar-refractivity contribution in [3.8, 4) is 23.0 Å². The molecule has 2 aromatic carbocycles. The van der Waals surface area contributed by atoms with Gasteiger partial charge in [0.2, 0.25) is 5.91 Å². The van der Waals surface area contributed by atoms with Gasteiger partial charge in [0, 0.05) is 31.4 Å². The molecule has 0 bridgehead atoms. The van der Waals surface area contributed by atoms with Gasteiger partial charge in [-0.25, -0.2) is 0 Å². The van der Waals surface area contributed by atoms with Crippen molar-refractivity contribution in [2.75, 3.05) is 45.8 Å². The number of anilines is 1. The van der Waals surface area contributed by atoms with Crippen molar-refractivity contribution in [1.29, 1.82) is 0 Å². The lowest BCUT2D eigenvalue weighted by molar-refractivity contribution is -0.119. The molecule has 1 N–H and O–H groups in total. The Morgan fingerprint density at radius 1 is 0.795 bits per heavy atom. The van der Waals surface area contributed by atoms with Crippen molar-refractivity contribution in [2.24, 2.45) is 4.99 Å². The fourth-order valence-electron chi connectivity index (χ4n) is 6.08. The summed E-state index contributed by atoms with van der Waals surface area (Å²) in [5.41, 5.74) is 3.71. The van der Waals surface area contributed by atoms with E-state index >= 15 is 0 Å². The van der Waals surface area contributed by atoms with Gasteiger partial charge in [-0.3, -0.25) is 19.4 Å². The van der Waals surface area contributed by atoms with Crippen LogP contribution in [0.4, 0.5) is 11.4 Å². The van der Waals surface area contributed by atoms with Gasteiger partial charge in [0.1, 0.15) is 6.04 Å². The summed E-state index contributed by atoms with van der Waals surface area (Å²) in [4.78, 5) is 47.1. The first kappa shape index (κ1) is 29.3. The van der Waals surface area contributed by atoms with Crippen molar-refractivity contribution in [2.45, 2.75) is 44.2 Å². The van der Waals surface area contributed by atoms with Crippen LogP contribution in [0.5, 0.6) is 23.0 Å². The minimum absolute atomic E-state index is 0.0782. The third kappa shape index (κ3) is 5.49. The second kappa shape index (κ2) is 12.1. The van der Waals surface area contributed by atoms with Gasteiger partial charge in [-0.1, -0.05) is 24.3 Å². The van der Waals surface area contributed by atoms with E-state index in [4.69, 9.17) is 18.9 Å². The largest absolute Gasteiger partial charge is 0.493 e. The number of unbranched alkanes of at least 4 members (excludes halogenated alkanes) is 2. The number of methoxy groups -OCH3 is 2. The Morgan fingerprint density at radius 2 is 1.41 bits per heavy atom. The minimum Gasteiger partial charge on any atom is -0.493 e. The van der Waals surface area contributed by atoms with Crippen LogP contribution in [0.15, 0.2) is 53.6 Å². The third-order valence-corrected chi connectivity index (χ3v) is 8.36. The molecule has 230 valence electrons. The number of carbonyl (C=O) groups excluding carboxylic acids is 3. The second-order valence-electron chi connectivity index (χ2n) is 11.5. The van der Waals surface area contributed by atoms with E-state index in [9.17, 15) is 14.4 Å². The normalized spacial score (nSPS) is 20.4. The predicted molar refractivity (Wildman–Crippen MR) is 165 cm³/mol. The zero-order chi connectivity index (χ0) is 31.0. The van der Waals surface area contributed by atoms with Crippen LogP contribution < -0.4 is 24.3 Å². The Morgan fingerprint density at radius 3 is 2.11 bits per heavy atom. The average molecular weight is 601 g/mol. The Labute approximate surface area is 256 Å². The van der Waals surface area contributed by atoms with E-state index in [2.05, 4.69) is 23.5 Å². The van der Waals surface area contributed by atoms with Crippen molar-refractivity contribution in [3.05, 3.63) is 59.7 Å². The second-order valence-corrected chi connectivity index (χ2v) is 11.5. The van der Waals surface area contributed by atoms with E-state index in [0.29, 0.717) is 78.2 Å². The van der Waals surface area contributed by atoms with E-state index in [0.717, 1.165) is 36.8 Å². The molecule has 0 spiro atoms. The van der Waals surface area contributed by atoms with Crippen molar-refractivity contribution in [3.63, 3.8) is 0 Å². The summed E-state index contributed by atoms with van der Waals surface area (Å²) < 4.78 is 23.1. The van der Waals surface area contributed by atoms with Crippen LogP contribution in [0.2, 0.25) is 0 Å². The van der Waals surface area contributed by atoms with E-state index in [-0.39, 0.29) is 23.8 Å². The molecule has 2 aromatic rings. The lowest BCUT2D eigenvalue weighted by Crippen LogP contribution is -2.40. The number of fused-ring (bicyclic) bond motifs is 4. The number of rotatable bonds is 10. The first-order valence-corrected chi connectivity index (χ1v) is 14.8. The summed E-state index contributed by atoms with van der Waals surface area (Å²) in [6.07, 6.45) is 5.32. The molecular weight excluding hydrogens is 564 g/mol. The van der Waals surface area contributed by atoms with Crippen LogP contribution in [-0.4, -0.2) is 86.3 Å². The summed E-state index contributed by atoms with van der Waals surface area (Å²) in [5.74, 6) is 1.35. The molecule has 0 saturated carbocycles. The van der Waals surface area contributed by atoms with Gasteiger partial charge in [0.05, 0.1) is 56.0 Å². The molecule has 44 heavy (non-hydrogen) atoms. The number of nitrogens with one attached hydrogen (secondary N) is 1. The molecule has 0 aliphatic carbocycles. The number of nitrogens with zero attached hydrogens (tertiary/aromatic N) is 3. The van der Waals surface area contributed by atoms with Crippen LogP contribution in [0.1, 0.15) is 52.8 Å². The maximum Gasteiger partial charge on any atom is 0.257 e. The van der Waals surface area contributed by atoms with E-state index in [1.807, 2.05) is 6.21 Å². The quantitative estimate of drug-likeness (QED) is 0.314. The monoisotopic (exact) mass is 600 g/mol. The molecule has 4 aliphatic heterocycles. The standard InChI is InChI=1S/C33H36N4O7/c1-19-10-21-16-34-24-14-29(27(41-3)12-22(24)32(39)36(21)17-19)43-8-6-5-7-9-44-30-15-25-23(13-28(30)42-4)33(40)37-18-20(2)11-26(37)31(38)35-25/h12-16,21,26H,1-2,5-11,17-18H2,3-4H3,(H,35,38)/t21-,26?/m0/s1. The van der Waals surface area contributed by atoms with Gasteiger partial charge in [-0.05, 0) is 44.2 Å². The molecule has 0 aromatic heterocycles. The minimum atomic E-state index is -0.556. The number of amides is 3. The SMILES string of the molecule is C=C1CC2C(=O)Nc3cc(OCCCCCOc4cc5c(cc4OC)C(=O)N4CC(=C)C[C@H]4C=N5)c(OC)cc3C(=O)N2C1. The fourth-order valence-corrected chi connectivity index (χ4v) is 6.08. The van der Waals surface area contributed by atoms with Crippen molar-refractivity contribution < 1.29 is 33.3 Å². The van der Waals surface area contributed by atoms with Gasteiger partial charge >= 0.3 is 0 Å². The first-order valence-electron chi connectivity index (χ1n) is 14.8. The highest BCUT2D eigenvalue weighted by molar-refractivity contribution is 6.11. The van der Waals surface area contributed by atoms with Gasteiger partial charge in [-0.2, -0.15) is 0 Å². The summed E-state index contributed by atoms with van der Waals surface area (Å²) in [7, 11) is 3.07. The van der Waals surface area contributed by atoms with Crippen molar-refractivity contribution in [1.82, 2.24) is 9.80 Å². The van der Waals surface area contributed by atoms with Gasteiger partial charge < -0.3 is 34.1 Å². The van der Waals surface area contributed by atoms with E-state index in [1.165, 1.54) is 7.11 Å². The first-order chi connectivity index (χ1) is 21.3. The highest BCUT2D eigenvalue weighted by Gasteiger charge is 2.40. The van der Waals surface area contributed by atoms with Crippen LogP contribution in [0.25, 0.3) is 0 Å². The van der Waals surface area contributed by atoms with Gasteiger partial charge in [-0.15, -0.1) is 0 Å². The zero-order valence-electron chi connectivity index (χ0n) is 25.0. The number of carbonyl (C=O) groups is 3. The molecule has 0 radical (unpaired) electrons. The van der Waals surface area contributed by atoms with Crippen LogP contribution in [0, 0.1) is 0 Å². The predicted octanol–water partition coefficient (Wildman–Crippen LogP) is 4.54. The lowest BCUT2D eigenvalue weighted by Gasteiger charge is -2.20. The number of ether oxygens (including phenoxy) is 4. The van der Waals surface area contributed by atoms with Crippen LogP contribution in [0.3, 0.4) is 0 Å². The Balaban J connectivity index is 1.03. The molecule has 3 amide bonds. The maximum atomic E-state index is 13.2. The number of hydrogen-bond donors (Lipinski definition) is 1. The maximum absolute atomic E-state index is 13.2. The summed E-state index contributed by atoms with van der Waals surface area (Å²) in [5, 5.41) is 2.88. The molecule has 4 aliphatic rings. The topological polar surface area (TPSA) is 119 Å². The number of benzene rings is 2. The summed E-state index contributed by atoms with van der Waals surface area (Å²) >= 11 is 0. The molecule has 2 atom stereocenters. The summed E-state index contributed by atoms with van der Waals surface area (Å²) in [6.45, 7) is 9.72. The van der Waals surface area contributed by atoms with Crippen LogP contribution >= 0.6 is 0 Å². The Bertz CT molecular complexity index is 1580. The molecule has 1 unspecified atom stereocenters. The summed E-state index contributed by atoms with van der Waals surface area (Å²) in [6, 6.07) is 6.10. The van der Waals surface area contributed by atoms with Crippen molar-refractivity contribution >= 4 is 35.3 Å². The molecule has 2 fully saturated rings. The number of aliphatic imine (C=N–C) groups is 1. The average Bonchev–Trinajstić information content (AvgIpc) is 3.55. The number of hydrogen-bond acceptors (Lipinski definition) is 8. The molecular formula is C33H36N4O7. The Kier molecular flexibility index (Phi) is 8.03. The van der Waals surface area contributed by atoms with Gasteiger partial charge in [0.25, 0.3) is 11.8 Å². The van der Waals surface area contributed by atoms with E-state index in [1.54, 1.807) is 41.2 Å². The zero-order valence-corrected chi connectivity index (χ0v) is 25.0. The lowest BCUT2D eigenvalue weighted by atomic mass is 10.1. The molecule has 6 rings (SSSR count). The molecule has 4 heterocycles. The molecule has 11 heteroatoms. The van der Waals surface area contributed by atoms with Gasteiger partial charge in [0.15, 0.2) is 23.0 Å².